The number of benzene rings is 1. The molecular weight excluding hydrogens is 238 g/mol. The molecule has 1 atom stereocenters. The smallest absolute Gasteiger partial charge is 0.151 e. The molecule has 0 amide bonds. The van der Waals surface area contributed by atoms with Crippen LogP contribution in [0.5, 0.6) is 0 Å². The summed E-state index contributed by atoms with van der Waals surface area (Å²) in [7, 11) is 0. The summed E-state index contributed by atoms with van der Waals surface area (Å²) < 4.78 is 2.30. The molecule has 1 aliphatic rings. The van der Waals surface area contributed by atoms with Gasteiger partial charge >= 0.3 is 0 Å². The van der Waals surface area contributed by atoms with Gasteiger partial charge in [0, 0.05) is 5.75 Å². The van der Waals surface area contributed by atoms with Crippen molar-refractivity contribution in [3.05, 3.63) is 24.3 Å². The van der Waals surface area contributed by atoms with Crippen LogP contribution in [-0.2, 0) is 0 Å². The molecule has 1 saturated carbocycles. The minimum Gasteiger partial charge on any atom is -0.392 e. The second kappa shape index (κ2) is 4.35. The zero-order valence-corrected chi connectivity index (χ0v) is 10.4. The van der Waals surface area contributed by atoms with Gasteiger partial charge in [0.15, 0.2) is 4.34 Å². The summed E-state index contributed by atoms with van der Waals surface area (Å²) in [6, 6.07) is 8.17. The van der Waals surface area contributed by atoms with Gasteiger partial charge in [-0.15, -0.1) is 11.3 Å². The largest absolute Gasteiger partial charge is 0.392 e. The molecule has 0 radical (unpaired) electrons. The van der Waals surface area contributed by atoms with Crippen LogP contribution in [0.2, 0.25) is 0 Å². The first-order valence-electron chi connectivity index (χ1n) is 5.49. The number of nitrogens with zero attached hydrogens (tertiary/aromatic N) is 1. The van der Waals surface area contributed by atoms with Crippen LogP contribution in [0.3, 0.4) is 0 Å². The first-order valence-corrected chi connectivity index (χ1v) is 7.29. The number of hydrogen-bond donors (Lipinski definition) is 1. The molecule has 1 heterocycles. The van der Waals surface area contributed by atoms with Crippen LogP contribution >= 0.6 is 23.1 Å². The fourth-order valence-electron chi connectivity index (χ4n) is 1.69. The van der Waals surface area contributed by atoms with Gasteiger partial charge in [0.1, 0.15) is 0 Å². The quantitative estimate of drug-likeness (QED) is 0.847. The van der Waals surface area contributed by atoms with E-state index in [1.807, 2.05) is 18.2 Å². The zero-order valence-electron chi connectivity index (χ0n) is 8.80. The highest BCUT2D eigenvalue weighted by atomic mass is 32.2. The van der Waals surface area contributed by atoms with Crippen LogP contribution in [0.4, 0.5) is 0 Å². The van der Waals surface area contributed by atoms with Gasteiger partial charge in [-0.3, -0.25) is 0 Å². The average molecular weight is 251 g/mol. The molecule has 0 spiro atoms. The maximum Gasteiger partial charge on any atom is 0.151 e. The van der Waals surface area contributed by atoms with E-state index in [1.54, 1.807) is 23.1 Å². The van der Waals surface area contributed by atoms with Crippen molar-refractivity contribution in [1.29, 1.82) is 0 Å². The number of para-hydroxylation sites is 1. The monoisotopic (exact) mass is 251 g/mol. The molecular formula is C12H13NOS2. The van der Waals surface area contributed by atoms with Crippen LogP contribution in [0.1, 0.15) is 12.8 Å². The van der Waals surface area contributed by atoms with Gasteiger partial charge in [0.2, 0.25) is 0 Å². The Balaban J connectivity index is 1.69. The van der Waals surface area contributed by atoms with Gasteiger partial charge in [0.05, 0.1) is 16.3 Å². The molecule has 0 bridgehead atoms. The lowest BCUT2D eigenvalue weighted by Crippen LogP contribution is -2.11. The average Bonchev–Trinajstić information content (AvgIpc) is 3.06. The molecule has 4 heteroatoms. The number of rotatable bonds is 4. The first-order chi connectivity index (χ1) is 7.83. The van der Waals surface area contributed by atoms with Crippen LogP contribution in [0, 0.1) is 5.92 Å². The van der Waals surface area contributed by atoms with Gasteiger partial charge in [-0.25, -0.2) is 4.98 Å². The number of aliphatic hydroxyl groups excluding tert-OH is 1. The third-order valence-corrected chi connectivity index (χ3v) is 5.10. The Morgan fingerprint density at radius 2 is 2.25 bits per heavy atom. The topological polar surface area (TPSA) is 33.1 Å². The predicted molar refractivity (Wildman–Crippen MR) is 69.1 cm³/mol. The summed E-state index contributed by atoms with van der Waals surface area (Å²) in [6.07, 6.45) is 2.25. The summed E-state index contributed by atoms with van der Waals surface area (Å²) in [4.78, 5) is 4.53. The third kappa shape index (κ3) is 2.24. The predicted octanol–water partition coefficient (Wildman–Crippen LogP) is 3.16. The lowest BCUT2D eigenvalue weighted by molar-refractivity contribution is 0.176. The second-order valence-electron chi connectivity index (χ2n) is 4.16. The van der Waals surface area contributed by atoms with Crippen molar-refractivity contribution < 1.29 is 5.11 Å². The number of aliphatic hydroxyl groups is 1. The van der Waals surface area contributed by atoms with Crippen molar-refractivity contribution in [3.8, 4) is 0 Å². The van der Waals surface area contributed by atoms with Crippen molar-refractivity contribution in [3.63, 3.8) is 0 Å². The molecule has 84 valence electrons. The van der Waals surface area contributed by atoms with E-state index in [9.17, 15) is 5.11 Å². The second-order valence-corrected chi connectivity index (χ2v) is 6.46. The molecule has 1 aromatic heterocycles. The Hall–Kier alpha value is -0.580. The highest BCUT2D eigenvalue weighted by molar-refractivity contribution is 8.01. The fraction of sp³-hybridized carbons (Fsp3) is 0.417. The molecule has 3 rings (SSSR count). The third-order valence-electron chi connectivity index (χ3n) is 2.82. The fourth-order valence-corrected chi connectivity index (χ4v) is 3.84. The van der Waals surface area contributed by atoms with E-state index in [2.05, 4.69) is 11.1 Å². The van der Waals surface area contributed by atoms with E-state index in [0.29, 0.717) is 5.92 Å². The lowest BCUT2D eigenvalue weighted by atomic mass is 10.3. The van der Waals surface area contributed by atoms with Gasteiger partial charge in [0.25, 0.3) is 0 Å². The number of thiazole rings is 1. The normalized spacial score (nSPS) is 17.8. The van der Waals surface area contributed by atoms with E-state index in [0.717, 1.165) is 15.6 Å². The molecule has 2 nitrogen and oxygen atoms in total. The summed E-state index contributed by atoms with van der Waals surface area (Å²) in [5, 5.41) is 9.78. The van der Waals surface area contributed by atoms with Crippen molar-refractivity contribution in [2.75, 3.05) is 5.75 Å². The minimum absolute atomic E-state index is 0.142. The standard InChI is InChI=1S/C12H13NOS2/c14-10(8-5-6-8)7-15-12-13-9-3-1-2-4-11(9)16-12/h1-4,8,10,14H,5-7H2/t10-/m1/s1. The molecule has 16 heavy (non-hydrogen) atoms. The van der Waals surface area contributed by atoms with E-state index in [-0.39, 0.29) is 6.10 Å². The van der Waals surface area contributed by atoms with Crippen molar-refractivity contribution in [2.24, 2.45) is 5.92 Å². The molecule has 0 aliphatic heterocycles. The molecule has 1 fully saturated rings. The number of fused-ring (bicyclic) bond motifs is 1. The van der Waals surface area contributed by atoms with E-state index in [1.165, 1.54) is 17.5 Å². The Labute approximate surface area is 103 Å². The highest BCUT2D eigenvalue weighted by Gasteiger charge is 2.29. The molecule has 1 aromatic carbocycles. The molecule has 0 saturated heterocycles. The SMILES string of the molecule is O[C@H](CSc1nc2ccccc2s1)C1CC1. The minimum atomic E-state index is -0.142. The van der Waals surface area contributed by atoms with Crippen molar-refractivity contribution >= 4 is 33.3 Å². The van der Waals surface area contributed by atoms with Crippen LogP contribution in [0.15, 0.2) is 28.6 Å². The lowest BCUT2D eigenvalue weighted by Gasteiger charge is -2.05. The number of hydrogen-bond acceptors (Lipinski definition) is 4. The van der Waals surface area contributed by atoms with Gasteiger partial charge in [-0.1, -0.05) is 23.9 Å². The Kier molecular flexibility index (Phi) is 2.88. The Morgan fingerprint density at radius 3 is 3.00 bits per heavy atom. The van der Waals surface area contributed by atoms with Crippen molar-refractivity contribution in [2.45, 2.75) is 23.3 Å². The van der Waals surface area contributed by atoms with Crippen LogP contribution < -0.4 is 0 Å². The highest BCUT2D eigenvalue weighted by Crippen LogP contribution is 2.36. The van der Waals surface area contributed by atoms with Gasteiger partial charge in [-0.2, -0.15) is 0 Å². The maximum atomic E-state index is 9.78. The molecule has 0 unspecified atom stereocenters. The Bertz CT molecular complexity index is 459. The van der Waals surface area contributed by atoms with Gasteiger partial charge in [-0.05, 0) is 30.9 Å². The Morgan fingerprint density at radius 1 is 1.44 bits per heavy atom. The van der Waals surface area contributed by atoms with E-state index >= 15 is 0 Å². The molecule has 1 N–H and O–H groups in total. The molecule has 1 aliphatic carbocycles. The van der Waals surface area contributed by atoms with E-state index < -0.39 is 0 Å². The number of thioether (sulfide) groups is 1. The zero-order chi connectivity index (χ0) is 11.0. The summed E-state index contributed by atoms with van der Waals surface area (Å²) in [6.45, 7) is 0. The maximum absolute atomic E-state index is 9.78. The summed E-state index contributed by atoms with van der Waals surface area (Å²) >= 11 is 3.39. The summed E-state index contributed by atoms with van der Waals surface area (Å²) in [5.74, 6) is 1.34. The molecule has 2 aromatic rings. The van der Waals surface area contributed by atoms with E-state index in [4.69, 9.17) is 0 Å². The van der Waals surface area contributed by atoms with Gasteiger partial charge < -0.3 is 5.11 Å². The first kappa shape index (κ1) is 10.6. The number of aromatic nitrogens is 1. The van der Waals surface area contributed by atoms with Crippen LogP contribution in [0.25, 0.3) is 10.2 Å². The summed E-state index contributed by atoms with van der Waals surface area (Å²) in [5.41, 5.74) is 1.07. The van der Waals surface area contributed by atoms with Crippen LogP contribution in [-0.4, -0.2) is 21.9 Å². The van der Waals surface area contributed by atoms with Crippen molar-refractivity contribution in [1.82, 2.24) is 4.98 Å².